The maximum Gasteiger partial charge on any atom is 0.330 e. The number of aromatic amines is 1. The summed E-state index contributed by atoms with van der Waals surface area (Å²) in [5.41, 5.74) is 7.67. The summed E-state index contributed by atoms with van der Waals surface area (Å²) in [6, 6.07) is 26.0. The average molecular weight is 499 g/mol. The van der Waals surface area contributed by atoms with E-state index in [9.17, 15) is 14.4 Å². The first-order valence-electron chi connectivity index (χ1n) is 12.1. The van der Waals surface area contributed by atoms with Crippen LogP contribution in [0.2, 0.25) is 0 Å². The fraction of sp³-hybridized carbons (Fsp3) is 0.207. The third-order valence-electron chi connectivity index (χ3n) is 6.06. The Labute approximate surface area is 215 Å². The third kappa shape index (κ3) is 6.16. The van der Waals surface area contributed by atoms with Gasteiger partial charge >= 0.3 is 5.69 Å². The summed E-state index contributed by atoms with van der Waals surface area (Å²) < 4.78 is 7.01. The van der Waals surface area contributed by atoms with Crippen molar-refractivity contribution in [2.45, 2.75) is 32.9 Å². The summed E-state index contributed by atoms with van der Waals surface area (Å²) in [5, 5.41) is 0. The summed E-state index contributed by atoms with van der Waals surface area (Å²) in [7, 11) is 0. The minimum absolute atomic E-state index is 0.0755. The fourth-order valence-electron chi connectivity index (χ4n) is 3.99. The molecule has 1 heterocycles. The molecule has 8 nitrogen and oxygen atoms in total. The highest BCUT2D eigenvalue weighted by Crippen LogP contribution is 2.22. The number of rotatable bonds is 9. The molecule has 3 aromatic carbocycles. The zero-order chi connectivity index (χ0) is 26.4. The zero-order valence-electron chi connectivity index (χ0n) is 20.9. The number of nitrogens with one attached hydrogen (secondary N) is 1. The summed E-state index contributed by atoms with van der Waals surface area (Å²) in [6.45, 7) is 4.10. The normalized spacial score (nSPS) is 10.9. The molecular weight excluding hydrogens is 468 g/mol. The molecule has 0 aliphatic carbocycles. The molecule has 0 spiro atoms. The number of carbonyl (C=O) groups is 1. The molecule has 1 aromatic heterocycles. The number of benzene rings is 3. The second-order valence-corrected chi connectivity index (χ2v) is 9.04. The topological polar surface area (TPSA) is 110 Å². The second-order valence-electron chi connectivity index (χ2n) is 9.04. The van der Waals surface area contributed by atoms with E-state index in [0.29, 0.717) is 11.7 Å². The molecule has 1 amide bonds. The summed E-state index contributed by atoms with van der Waals surface area (Å²) in [6.07, 6.45) is 0. The van der Waals surface area contributed by atoms with E-state index in [2.05, 4.69) is 18.8 Å². The van der Waals surface area contributed by atoms with E-state index in [1.165, 1.54) is 9.47 Å². The highest BCUT2D eigenvalue weighted by molar-refractivity contribution is 5.96. The maximum atomic E-state index is 13.5. The van der Waals surface area contributed by atoms with Gasteiger partial charge in [0, 0.05) is 0 Å². The van der Waals surface area contributed by atoms with Crippen molar-refractivity contribution in [2.24, 2.45) is 0 Å². The fourth-order valence-corrected chi connectivity index (χ4v) is 3.99. The molecule has 4 rings (SSSR count). The first-order chi connectivity index (χ1) is 17.8. The SMILES string of the molecule is CC(C)c1ccc(OCC(=O)N(Cc2ccccc2)c2c(N)n(Cc3ccccc3)c(=O)[nH]c2=O)cc1. The molecule has 0 radical (unpaired) electrons. The lowest BCUT2D eigenvalue weighted by Crippen LogP contribution is -2.42. The van der Waals surface area contributed by atoms with Gasteiger partial charge in [0.05, 0.1) is 13.1 Å². The Balaban J connectivity index is 1.67. The van der Waals surface area contributed by atoms with E-state index in [-0.39, 0.29) is 31.2 Å². The van der Waals surface area contributed by atoms with Gasteiger partial charge in [-0.1, -0.05) is 86.6 Å². The third-order valence-corrected chi connectivity index (χ3v) is 6.06. The van der Waals surface area contributed by atoms with Gasteiger partial charge in [-0.05, 0) is 34.7 Å². The first-order valence-corrected chi connectivity index (χ1v) is 12.1. The van der Waals surface area contributed by atoms with Gasteiger partial charge in [-0.2, -0.15) is 0 Å². The van der Waals surface area contributed by atoms with E-state index in [1.54, 1.807) is 0 Å². The molecule has 8 heteroatoms. The molecule has 0 saturated carbocycles. The Hall–Kier alpha value is -4.59. The van der Waals surface area contributed by atoms with E-state index in [4.69, 9.17) is 10.5 Å². The lowest BCUT2D eigenvalue weighted by Gasteiger charge is -2.25. The van der Waals surface area contributed by atoms with Gasteiger partial charge in [0.25, 0.3) is 11.5 Å². The Morgan fingerprint density at radius 1 is 0.919 bits per heavy atom. The van der Waals surface area contributed by atoms with E-state index in [1.807, 2.05) is 84.9 Å². The predicted molar refractivity (Wildman–Crippen MR) is 145 cm³/mol. The van der Waals surface area contributed by atoms with Gasteiger partial charge in [0.1, 0.15) is 11.6 Å². The summed E-state index contributed by atoms with van der Waals surface area (Å²) in [4.78, 5) is 42.7. The van der Waals surface area contributed by atoms with Gasteiger partial charge < -0.3 is 10.5 Å². The molecule has 0 atom stereocenters. The Morgan fingerprint density at radius 3 is 2.11 bits per heavy atom. The van der Waals surface area contributed by atoms with Gasteiger partial charge in [0.2, 0.25) is 0 Å². The van der Waals surface area contributed by atoms with Crippen molar-refractivity contribution in [1.82, 2.24) is 9.55 Å². The van der Waals surface area contributed by atoms with Gasteiger partial charge in [-0.15, -0.1) is 0 Å². The molecule has 0 fully saturated rings. The van der Waals surface area contributed by atoms with Gasteiger partial charge in [-0.3, -0.25) is 24.0 Å². The number of anilines is 2. The van der Waals surface area contributed by atoms with Crippen LogP contribution < -0.4 is 26.6 Å². The molecule has 0 saturated heterocycles. The average Bonchev–Trinajstić information content (AvgIpc) is 2.90. The molecule has 190 valence electrons. The van der Waals surface area contributed by atoms with Gasteiger partial charge in [0.15, 0.2) is 12.3 Å². The van der Waals surface area contributed by atoms with Crippen LogP contribution in [0.25, 0.3) is 0 Å². The highest BCUT2D eigenvalue weighted by Gasteiger charge is 2.25. The number of hydrogen-bond acceptors (Lipinski definition) is 5. The van der Waals surface area contributed by atoms with Crippen molar-refractivity contribution in [2.75, 3.05) is 17.2 Å². The Bertz CT molecular complexity index is 1460. The largest absolute Gasteiger partial charge is 0.484 e. The van der Waals surface area contributed by atoms with Crippen LogP contribution in [-0.4, -0.2) is 22.1 Å². The van der Waals surface area contributed by atoms with Crippen LogP contribution in [-0.2, 0) is 17.9 Å². The minimum atomic E-state index is -0.739. The lowest BCUT2D eigenvalue weighted by atomic mass is 10.0. The number of ether oxygens (including phenoxy) is 1. The van der Waals surface area contributed by atoms with Crippen LogP contribution in [0.15, 0.2) is 94.5 Å². The zero-order valence-corrected chi connectivity index (χ0v) is 20.9. The number of aromatic nitrogens is 2. The van der Waals surface area contributed by atoms with Crippen LogP contribution in [0, 0.1) is 0 Å². The summed E-state index contributed by atoms with van der Waals surface area (Å²) >= 11 is 0. The molecule has 0 bridgehead atoms. The molecule has 0 aliphatic rings. The number of H-pyrrole nitrogens is 1. The monoisotopic (exact) mass is 498 g/mol. The first kappa shape index (κ1) is 25.5. The molecule has 4 aromatic rings. The van der Waals surface area contributed by atoms with E-state index in [0.717, 1.165) is 16.7 Å². The van der Waals surface area contributed by atoms with Crippen molar-refractivity contribution in [3.63, 3.8) is 0 Å². The number of nitrogens with two attached hydrogens (primary N) is 1. The Morgan fingerprint density at radius 2 is 1.51 bits per heavy atom. The molecule has 0 aliphatic heterocycles. The number of amides is 1. The predicted octanol–water partition coefficient (Wildman–Crippen LogP) is 3.90. The number of carbonyl (C=O) groups excluding carboxylic acids is 1. The van der Waals surface area contributed by atoms with Crippen LogP contribution in [0.3, 0.4) is 0 Å². The van der Waals surface area contributed by atoms with Crippen LogP contribution in [0.5, 0.6) is 5.75 Å². The molecule has 0 unspecified atom stereocenters. The van der Waals surface area contributed by atoms with E-state index < -0.39 is 17.2 Å². The number of hydrogen-bond donors (Lipinski definition) is 2. The lowest BCUT2D eigenvalue weighted by molar-refractivity contribution is -0.120. The van der Waals surface area contributed by atoms with Crippen molar-refractivity contribution in [3.8, 4) is 5.75 Å². The molecule has 3 N–H and O–H groups in total. The standard InChI is InChI=1S/C29H30N4O4/c1-20(2)23-13-15-24(16-14-23)37-19-25(34)32(17-21-9-5-3-6-10-21)26-27(30)33(29(36)31-28(26)35)18-22-11-7-4-8-12-22/h3-16,20H,17-19,30H2,1-2H3,(H,31,35,36). The number of nitrogens with zero attached hydrogens (tertiary/aromatic N) is 2. The van der Waals surface area contributed by atoms with Crippen molar-refractivity contribution < 1.29 is 9.53 Å². The maximum absolute atomic E-state index is 13.5. The van der Waals surface area contributed by atoms with Crippen LogP contribution in [0.4, 0.5) is 11.5 Å². The quantitative estimate of drug-likeness (QED) is 0.364. The van der Waals surface area contributed by atoms with E-state index >= 15 is 0 Å². The van der Waals surface area contributed by atoms with Crippen molar-refractivity contribution in [1.29, 1.82) is 0 Å². The highest BCUT2D eigenvalue weighted by atomic mass is 16.5. The Kier molecular flexibility index (Phi) is 7.88. The number of nitrogen functional groups attached to an aromatic ring is 1. The van der Waals surface area contributed by atoms with Crippen molar-refractivity contribution in [3.05, 3.63) is 122 Å². The second kappa shape index (κ2) is 11.4. The smallest absolute Gasteiger partial charge is 0.330 e. The van der Waals surface area contributed by atoms with Crippen molar-refractivity contribution >= 4 is 17.4 Å². The van der Waals surface area contributed by atoms with Crippen LogP contribution in [0.1, 0.15) is 36.5 Å². The van der Waals surface area contributed by atoms with Gasteiger partial charge in [-0.25, -0.2) is 4.79 Å². The molecular formula is C29H30N4O4. The molecule has 37 heavy (non-hydrogen) atoms. The van der Waals surface area contributed by atoms with Crippen LogP contribution >= 0.6 is 0 Å². The minimum Gasteiger partial charge on any atom is -0.484 e. The summed E-state index contributed by atoms with van der Waals surface area (Å²) in [5.74, 6) is 0.341.